The largest absolute Gasteiger partial charge is 0.481 e. The van der Waals surface area contributed by atoms with Crippen molar-refractivity contribution < 1.29 is 9.53 Å². The van der Waals surface area contributed by atoms with Crippen LogP contribution in [-0.4, -0.2) is 17.0 Å². The highest BCUT2D eigenvalue weighted by atomic mass is 35.5. The van der Waals surface area contributed by atoms with E-state index in [4.69, 9.17) is 16.3 Å². The average Bonchev–Trinajstić information content (AvgIpc) is 2.48. The van der Waals surface area contributed by atoms with Gasteiger partial charge in [-0.25, -0.2) is 0 Å². The number of hydrogen-bond acceptors (Lipinski definition) is 3. The van der Waals surface area contributed by atoms with Crippen LogP contribution in [0.1, 0.15) is 18.1 Å². The van der Waals surface area contributed by atoms with Crippen molar-refractivity contribution in [2.45, 2.75) is 26.5 Å². The van der Waals surface area contributed by atoms with Crippen molar-refractivity contribution >= 4 is 17.5 Å². The Hall–Kier alpha value is -2.07. The first-order chi connectivity index (χ1) is 10.1. The highest BCUT2D eigenvalue weighted by Gasteiger charge is 2.15. The van der Waals surface area contributed by atoms with Crippen molar-refractivity contribution in [3.8, 4) is 5.75 Å². The van der Waals surface area contributed by atoms with Crippen LogP contribution in [0.3, 0.4) is 0 Å². The standard InChI is InChI=1S/C16H17ClN2O2/c1-11-9-14(17)3-4-15(11)21-12(2)16(20)19-10-13-5-7-18-8-6-13/h3-9,12H,10H2,1-2H3,(H,19,20)/t12-/m0/s1. The van der Waals surface area contributed by atoms with E-state index in [0.717, 1.165) is 11.1 Å². The summed E-state index contributed by atoms with van der Waals surface area (Å²) in [4.78, 5) is 16.0. The number of ether oxygens (including phenoxy) is 1. The minimum atomic E-state index is -0.577. The van der Waals surface area contributed by atoms with E-state index >= 15 is 0 Å². The Balaban J connectivity index is 1.90. The number of amides is 1. The van der Waals surface area contributed by atoms with Crippen LogP contribution >= 0.6 is 11.6 Å². The van der Waals surface area contributed by atoms with Gasteiger partial charge in [0, 0.05) is 24.0 Å². The van der Waals surface area contributed by atoms with Gasteiger partial charge in [-0.2, -0.15) is 0 Å². The number of aryl methyl sites for hydroxylation is 1. The molecule has 0 radical (unpaired) electrons. The second-order valence-corrected chi connectivity index (χ2v) is 5.18. The summed E-state index contributed by atoms with van der Waals surface area (Å²) in [5.41, 5.74) is 1.89. The van der Waals surface area contributed by atoms with E-state index in [0.29, 0.717) is 17.3 Å². The summed E-state index contributed by atoms with van der Waals surface area (Å²) in [6.07, 6.45) is 2.81. The number of nitrogens with one attached hydrogen (secondary N) is 1. The Labute approximate surface area is 129 Å². The summed E-state index contributed by atoms with van der Waals surface area (Å²) in [5.74, 6) is 0.493. The fourth-order valence-corrected chi connectivity index (χ4v) is 2.05. The third kappa shape index (κ3) is 4.46. The maximum atomic E-state index is 12.0. The Kier molecular flexibility index (Phi) is 5.17. The molecule has 0 unspecified atom stereocenters. The van der Waals surface area contributed by atoms with Crippen LogP contribution in [0.4, 0.5) is 0 Å². The Morgan fingerprint density at radius 1 is 1.33 bits per heavy atom. The Morgan fingerprint density at radius 3 is 2.71 bits per heavy atom. The maximum Gasteiger partial charge on any atom is 0.261 e. The summed E-state index contributed by atoms with van der Waals surface area (Å²) in [6.45, 7) is 4.06. The third-order valence-corrected chi connectivity index (χ3v) is 3.26. The summed E-state index contributed by atoms with van der Waals surface area (Å²) < 4.78 is 5.67. The number of rotatable bonds is 5. The Morgan fingerprint density at radius 2 is 2.05 bits per heavy atom. The number of carbonyl (C=O) groups excluding carboxylic acids is 1. The van der Waals surface area contributed by atoms with Crippen LogP contribution in [0.15, 0.2) is 42.7 Å². The van der Waals surface area contributed by atoms with Crippen LogP contribution in [0, 0.1) is 6.92 Å². The molecule has 0 aliphatic rings. The quantitative estimate of drug-likeness (QED) is 0.923. The van der Waals surface area contributed by atoms with E-state index in [-0.39, 0.29) is 5.91 Å². The van der Waals surface area contributed by atoms with Crippen molar-refractivity contribution in [1.82, 2.24) is 10.3 Å². The predicted molar refractivity (Wildman–Crippen MR) is 82.4 cm³/mol. The van der Waals surface area contributed by atoms with E-state index in [9.17, 15) is 4.79 Å². The lowest BCUT2D eigenvalue weighted by Gasteiger charge is -2.16. The molecule has 1 aromatic carbocycles. The minimum absolute atomic E-state index is 0.166. The molecule has 2 rings (SSSR count). The molecule has 0 aliphatic carbocycles. The molecule has 0 saturated heterocycles. The second kappa shape index (κ2) is 7.09. The van der Waals surface area contributed by atoms with Gasteiger partial charge in [0.25, 0.3) is 5.91 Å². The molecule has 0 aliphatic heterocycles. The van der Waals surface area contributed by atoms with Gasteiger partial charge in [0.2, 0.25) is 0 Å². The molecule has 4 nitrogen and oxygen atoms in total. The summed E-state index contributed by atoms with van der Waals surface area (Å²) in [5, 5.41) is 3.48. The van der Waals surface area contributed by atoms with Gasteiger partial charge in [-0.1, -0.05) is 11.6 Å². The first-order valence-corrected chi connectivity index (χ1v) is 7.03. The van der Waals surface area contributed by atoms with Crippen LogP contribution < -0.4 is 10.1 Å². The lowest BCUT2D eigenvalue weighted by atomic mass is 10.2. The number of carbonyl (C=O) groups is 1. The van der Waals surface area contributed by atoms with Crippen molar-refractivity contribution in [2.75, 3.05) is 0 Å². The molecule has 1 amide bonds. The van der Waals surface area contributed by atoms with E-state index in [2.05, 4.69) is 10.3 Å². The average molecular weight is 305 g/mol. The minimum Gasteiger partial charge on any atom is -0.481 e. The van der Waals surface area contributed by atoms with Crippen molar-refractivity contribution in [1.29, 1.82) is 0 Å². The lowest BCUT2D eigenvalue weighted by molar-refractivity contribution is -0.127. The van der Waals surface area contributed by atoms with Gasteiger partial charge >= 0.3 is 0 Å². The third-order valence-electron chi connectivity index (χ3n) is 3.03. The molecule has 1 atom stereocenters. The molecule has 5 heteroatoms. The van der Waals surface area contributed by atoms with Gasteiger partial charge in [0.05, 0.1) is 0 Å². The molecule has 1 N–H and O–H groups in total. The van der Waals surface area contributed by atoms with Crippen molar-refractivity contribution in [3.05, 3.63) is 58.9 Å². The molecule has 110 valence electrons. The fourth-order valence-electron chi connectivity index (χ4n) is 1.82. The summed E-state index contributed by atoms with van der Waals surface area (Å²) in [7, 11) is 0. The molecule has 2 aromatic rings. The van der Waals surface area contributed by atoms with Crippen LogP contribution in [0.2, 0.25) is 5.02 Å². The van der Waals surface area contributed by atoms with E-state index in [1.54, 1.807) is 37.5 Å². The highest BCUT2D eigenvalue weighted by molar-refractivity contribution is 6.30. The van der Waals surface area contributed by atoms with Gasteiger partial charge in [0.1, 0.15) is 5.75 Å². The smallest absolute Gasteiger partial charge is 0.261 e. The van der Waals surface area contributed by atoms with E-state index in [1.807, 2.05) is 19.1 Å². The zero-order valence-corrected chi connectivity index (χ0v) is 12.7. The van der Waals surface area contributed by atoms with Gasteiger partial charge in [0.15, 0.2) is 6.10 Å². The highest BCUT2D eigenvalue weighted by Crippen LogP contribution is 2.22. The first kappa shape index (κ1) is 15.3. The number of nitrogens with zero attached hydrogens (tertiary/aromatic N) is 1. The first-order valence-electron chi connectivity index (χ1n) is 6.65. The number of pyridine rings is 1. The van der Waals surface area contributed by atoms with Crippen LogP contribution in [-0.2, 0) is 11.3 Å². The van der Waals surface area contributed by atoms with Crippen molar-refractivity contribution in [3.63, 3.8) is 0 Å². The number of halogens is 1. The summed E-state index contributed by atoms with van der Waals surface area (Å²) in [6, 6.07) is 9.03. The number of hydrogen-bond donors (Lipinski definition) is 1. The molecule has 0 bridgehead atoms. The number of benzene rings is 1. The van der Waals surface area contributed by atoms with Gasteiger partial charge in [-0.05, 0) is 55.3 Å². The predicted octanol–water partition coefficient (Wildman–Crippen LogP) is 3.13. The van der Waals surface area contributed by atoms with Crippen molar-refractivity contribution in [2.24, 2.45) is 0 Å². The van der Waals surface area contributed by atoms with E-state index < -0.39 is 6.10 Å². The normalized spacial score (nSPS) is 11.8. The molecule has 0 spiro atoms. The lowest BCUT2D eigenvalue weighted by Crippen LogP contribution is -2.36. The van der Waals surface area contributed by atoms with Crippen LogP contribution in [0.25, 0.3) is 0 Å². The van der Waals surface area contributed by atoms with Gasteiger partial charge < -0.3 is 10.1 Å². The molecule has 0 saturated carbocycles. The number of aromatic nitrogens is 1. The van der Waals surface area contributed by atoms with Gasteiger partial charge in [-0.3, -0.25) is 9.78 Å². The molecule has 21 heavy (non-hydrogen) atoms. The van der Waals surface area contributed by atoms with E-state index in [1.165, 1.54) is 0 Å². The summed E-state index contributed by atoms with van der Waals surface area (Å²) >= 11 is 5.89. The van der Waals surface area contributed by atoms with Gasteiger partial charge in [-0.15, -0.1) is 0 Å². The SMILES string of the molecule is Cc1cc(Cl)ccc1O[C@@H](C)C(=O)NCc1ccncc1. The zero-order valence-electron chi connectivity index (χ0n) is 12.0. The molecule has 1 aromatic heterocycles. The fraction of sp³-hybridized carbons (Fsp3) is 0.250. The molecular formula is C16H17ClN2O2. The maximum absolute atomic E-state index is 12.0. The zero-order chi connectivity index (χ0) is 15.2. The second-order valence-electron chi connectivity index (χ2n) is 4.74. The molecular weight excluding hydrogens is 288 g/mol. The monoisotopic (exact) mass is 304 g/mol. The Bertz CT molecular complexity index is 617. The topological polar surface area (TPSA) is 51.2 Å². The van der Waals surface area contributed by atoms with Crippen LogP contribution in [0.5, 0.6) is 5.75 Å². The molecule has 0 fully saturated rings. The molecule has 1 heterocycles.